The second-order valence-corrected chi connectivity index (χ2v) is 3.58. The summed E-state index contributed by atoms with van der Waals surface area (Å²) in [6.45, 7) is 0.164. The van der Waals surface area contributed by atoms with Gasteiger partial charge in [-0.1, -0.05) is 30.3 Å². The molecule has 0 unspecified atom stereocenters. The molecule has 2 aromatic rings. The third-order valence-electron chi connectivity index (χ3n) is 2.35. The minimum Gasteiger partial charge on any atom is -0.494 e. The molecule has 0 amide bonds. The lowest BCUT2D eigenvalue weighted by atomic mass is 10.2. The average Bonchev–Trinajstić information content (AvgIpc) is 2.63. The van der Waals surface area contributed by atoms with Crippen LogP contribution in [-0.2, 0) is 6.61 Å². The number of hydrogen-bond donors (Lipinski definition) is 3. The van der Waals surface area contributed by atoms with Crippen LogP contribution in [0.1, 0.15) is 5.56 Å². The Kier molecular flexibility index (Phi) is 3.09. The van der Waals surface area contributed by atoms with E-state index in [0.717, 1.165) is 11.6 Å². The summed E-state index contributed by atoms with van der Waals surface area (Å²) in [5.41, 5.74) is 0.861. The van der Waals surface area contributed by atoms with Crippen molar-refractivity contribution in [2.24, 2.45) is 0 Å². The maximum atomic E-state index is 10.7. The molecule has 6 nitrogen and oxygen atoms in total. The average molecular weight is 249 g/mol. The van der Waals surface area contributed by atoms with Crippen LogP contribution in [0.4, 0.5) is 4.79 Å². The van der Waals surface area contributed by atoms with Crippen LogP contribution >= 0.6 is 0 Å². The number of hydrogen-bond acceptors (Lipinski definition) is 4. The standard InChI is InChI=1S/C12H11NO5/c14-10-6-9(11(15)13(10)12(16)17)18-7-8-4-2-1-3-5-8/h1-6,14-15H,7H2,(H,16,17). The Morgan fingerprint density at radius 1 is 1.22 bits per heavy atom. The Hall–Kier alpha value is -2.63. The first-order chi connectivity index (χ1) is 8.59. The molecule has 1 aromatic heterocycles. The van der Waals surface area contributed by atoms with E-state index in [1.165, 1.54) is 0 Å². The molecule has 0 aliphatic heterocycles. The third kappa shape index (κ3) is 2.22. The highest BCUT2D eigenvalue weighted by atomic mass is 16.5. The summed E-state index contributed by atoms with van der Waals surface area (Å²) in [4.78, 5) is 10.7. The Morgan fingerprint density at radius 3 is 2.44 bits per heavy atom. The van der Waals surface area contributed by atoms with E-state index in [0.29, 0.717) is 4.57 Å². The molecule has 0 fully saturated rings. The van der Waals surface area contributed by atoms with E-state index in [2.05, 4.69) is 0 Å². The van der Waals surface area contributed by atoms with E-state index < -0.39 is 17.9 Å². The molecular formula is C12H11NO5. The van der Waals surface area contributed by atoms with Gasteiger partial charge in [0, 0.05) is 6.07 Å². The number of aromatic nitrogens is 1. The van der Waals surface area contributed by atoms with Crippen molar-refractivity contribution < 1.29 is 24.9 Å². The molecular weight excluding hydrogens is 238 g/mol. The molecule has 6 heteroatoms. The van der Waals surface area contributed by atoms with E-state index in [1.807, 2.05) is 30.3 Å². The van der Waals surface area contributed by atoms with Gasteiger partial charge in [0.25, 0.3) is 0 Å². The summed E-state index contributed by atoms with van der Waals surface area (Å²) in [6, 6.07) is 10.2. The Labute approximate surface area is 102 Å². The fraction of sp³-hybridized carbons (Fsp3) is 0.0833. The van der Waals surface area contributed by atoms with E-state index in [4.69, 9.17) is 9.84 Å². The van der Waals surface area contributed by atoms with E-state index in [9.17, 15) is 15.0 Å². The van der Waals surface area contributed by atoms with Crippen molar-refractivity contribution in [1.82, 2.24) is 4.57 Å². The summed E-state index contributed by atoms with van der Waals surface area (Å²) < 4.78 is 5.57. The summed E-state index contributed by atoms with van der Waals surface area (Å²) in [5.74, 6) is -1.32. The Balaban J connectivity index is 2.16. The number of ether oxygens (including phenoxy) is 1. The van der Waals surface area contributed by atoms with Gasteiger partial charge in [-0.3, -0.25) is 0 Å². The summed E-state index contributed by atoms with van der Waals surface area (Å²) in [7, 11) is 0. The minimum atomic E-state index is -1.49. The van der Waals surface area contributed by atoms with Crippen molar-refractivity contribution >= 4 is 6.09 Å². The van der Waals surface area contributed by atoms with Gasteiger partial charge in [0.05, 0.1) is 0 Å². The fourth-order valence-corrected chi connectivity index (χ4v) is 1.50. The first-order valence-corrected chi connectivity index (χ1v) is 5.13. The number of carboxylic acid groups (broad SMARTS) is 1. The number of benzene rings is 1. The van der Waals surface area contributed by atoms with Crippen LogP contribution in [0.25, 0.3) is 0 Å². The molecule has 0 saturated carbocycles. The first-order valence-electron chi connectivity index (χ1n) is 5.13. The smallest absolute Gasteiger partial charge is 0.421 e. The molecule has 2 rings (SSSR count). The van der Waals surface area contributed by atoms with E-state index >= 15 is 0 Å². The van der Waals surface area contributed by atoms with E-state index in [1.54, 1.807) is 0 Å². The van der Waals surface area contributed by atoms with Crippen molar-refractivity contribution in [2.45, 2.75) is 6.61 Å². The zero-order valence-electron chi connectivity index (χ0n) is 9.28. The van der Waals surface area contributed by atoms with Gasteiger partial charge in [-0.05, 0) is 5.56 Å². The quantitative estimate of drug-likeness (QED) is 0.773. The van der Waals surface area contributed by atoms with Crippen LogP contribution in [0, 0.1) is 0 Å². The molecule has 94 valence electrons. The topological polar surface area (TPSA) is 91.9 Å². The maximum absolute atomic E-state index is 10.7. The predicted octanol–water partition coefficient (Wildman–Crippen LogP) is 2.00. The first kappa shape index (κ1) is 11.8. The highest BCUT2D eigenvalue weighted by Gasteiger charge is 2.19. The number of aromatic hydroxyl groups is 2. The molecule has 0 radical (unpaired) electrons. The van der Waals surface area contributed by atoms with E-state index in [-0.39, 0.29) is 12.4 Å². The van der Waals surface area contributed by atoms with Gasteiger partial charge in [0.2, 0.25) is 11.8 Å². The van der Waals surface area contributed by atoms with Gasteiger partial charge in [-0.15, -0.1) is 0 Å². The third-order valence-corrected chi connectivity index (χ3v) is 2.35. The van der Waals surface area contributed by atoms with Crippen molar-refractivity contribution in [3.63, 3.8) is 0 Å². The maximum Gasteiger partial charge on any atom is 0.421 e. The molecule has 0 bridgehead atoms. The number of rotatable bonds is 3. The highest BCUT2D eigenvalue weighted by Crippen LogP contribution is 2.34. The summed E-state index contributed by atoms with van der Waals surface area (Å²) in [6.07, 6.45) is -1.49. The van der Waals surface area contributed by atoms with Gasteiger partial charge >= 0.3 is 6.09 Å². The normalized spacial score (nSPS) is 10.2. The SMILES string of the molecule is O=C(O)n1c(O)cc(OCc2ccccc2)c1O. The molecule has 0 atom stereocenters. The number of nitrogens with zero attached hydrogens (tertiary/aromatic N) is 1. The zero-order chi connectivity index (χ0) is 13.1. The lowest BCUT2D eigenvalue weighted by Crippen LogP contribution is -2.06. The fourth-order valence-electron chi connectivity index (χ4n) is 1.50. The van der Waals surface area contributed by atoms with Crippen molar-refractivity contribution in [1.29, 1.82) is 0 Å². The molecule has 0 spiro atoms. The van der Waals surface area contributed by atoms with Gasteiger partial charge in [0.1, 0.15) is 6.61 Å². The highest BCUT2D eigenvalue weighted by molar-refractivity contribution is 5.74. The van der Waals surface area contributed by atoms with Gasteiger partial charge < -0.3 is 20.1 Å². The zero-order valence-corrected chi connectivity index (χ0v) is 9.28. The summed E-state index contributed by atoms with van der Waals surface area (Å²) in [5, 5.41) is 27.6. The second kappa shape index (κ2) is 4.70. The van der Waals surface area contributed by atoms with Crippen molar-refractivity contribution in [3.8, 4) is 17.5 Å². The van der Waals surface area contributed by atoms with Crippen LogP contribution in [0.5, 0.6) is 17.5 Å². The van der Waals surface area contributed by atoms with Crippen LogP contribution in [0.2, 0.25) is 0 Å². The molecule has 18 heavy (non-hydrogen) atoms. The van der Waals surface area contributed by atoms with Gasteiger partial charge in [0.15, 0.2) is 5.75 Å². The largest absolute Gasteiger partial charge is 0.494 e. The molecule has 3 N–H and O–H groups in total. The molecule has 1 aromatic carbocycles. The van der Waals surface area contributed by atoms with Gasteiger partial charge in [-0.2, -0.15) is 4.57 Å². The van der Waals surface area contributed by atoms with Crippen molar-refractivity contribution in [3.05, 3.63) is 42.0 Å². The predicted molar refractivity (Wildman–Crippen MR) is 62.0 cm³/mol. The molecule has 0 saturated heterocycles. The van der Waals surface area contributed by atoms with Crippen LogP contribution in [0.15, 0.2) is 36.4 Å². The van der Waals surface area contributed by atoms with Crippen molar-refractivity contribution in [2.75, 3.05) is 0 Å². The Morgan fingerprint density at radius 2 is 1.89 bits per heavy atom. The second-order valence-electron chi connectivity index (χ2n) is 3.58. The lowest BCUT2D eigenvalue weighted by molar-refractivity contribution is 0.188. The summed E-state index contributed by atoms with van der Waals surface area (Å²) >= 11 is 0. The Bertz CT molecular complexity index is 561. The van der Waals surface area contributed by atoms with Gasteiger partial charge in [-0.25, -0.2) is 4.79 Å². The van der Waals surface area contributed by atoms with Crippen LogP contribution in [-0.4, -0.2) is 26.0 Å². The lowest BCUT2D eigenvalue weighted by Gasteiger charge is -2.04. The minimum absolute atomic E-state index is 0.0845. The molecule has 1 heterocycles. The number of carbonyl (C=O) groups is 1. The monoisotopic (exact) mass is 249 g/mol. The molecule has 0 aliphatic carbocycles. The molecule has 0 aliphatic rings. The van der Waals surface area contributed by atoms with Crippen LogP contribution < -0.4 is 4.74 Å². The van der Waals surface area contributed by atoms with Crippen LogP contribution in [0.3, 0.4) is 0 Å².